The molecule has 3 saturated heterocycles. The van der Waals surface area contributed by atoms with Gasteiger partial charge in [-0.1, -0.05) is 0 Å². The Hall–Kier alpha value is -0.160. The summed E-state index contributed by atoms with van der Waals surface area (Å²) in [5.74, 6) is 0.257. The predicted molar refractivity (Wildman–Crippen MR) is 68.5 cm³/mol. The van der Waals surface area contributed by atoms with Gasteiger partial charge in [0.15, 0.2) is 0 Å². The van der Waals surface area contributed by atoms with Crippen molar-refractivity contribution in [2.45, 2.75) is 57.0 Å². The summed E-state index contributed by atoms with van der Waals surface area (Å²) in [5, 5.41) is 10.7. The zero-order chi connectivity index (χ0) is 13.0. The van der Waals surface area contributed by atoms with Crippen molar-refractivity contribution in [3.8, 4) is 0 Å². The first-order chi connectivity index (χ1) is 8.44. The van der Waals surface area contributed by atoms with Gasteiger partial charge in [0.2, 0.25) is 0 Å². The number of aliphatic hydroxyl groups excluding tert-OH is 1. The van der Waals surface area contributed by atoms with E-state index in [1.54, 1.807) is 0 Å². The lowest BCUT2D eigenvalue weighted by Crippen LogP contribution is -2.73. The highest BCUT2D eigenvalue weighted by Crippen LogP contribution is 2.51. The van der Waals surface area contributed by atoms with Gasteiger partial charge in [-0.05, 0) is 33.6 Å². The highest BCUT2D eigenvalue weighted by atomic mass is 16.5. The van der Waals surface area contributed by atoms with Crippen LogP contribution in [0.25, 0.3) is 0 Å². The molecule has 2 bridgehead atoms. The molecule has 18 heavy (non-hydrogen) atoms. The molecular weight excluding hydrogens is 230 g/mol. The molecule has 1 N–H and O–H groups in total. The lowest BCUT2D eigenvalue weighted by molar-refractivity contribution is -0.298. The van der Waals surface area contributed by atoms with Crippen molar-refractivity contribution in [2.75, 3.05) is 26.3 Å². The van der Waals surface area contributed by atoms with E-state index in [9.17, 15) is 5.11 Å². The van der Waals surface area contributed by atoms with Crippen LogP contribution in [0.1, 0.15) is 33.6 Å². The minimum atomic E-state index is -0.273. The molecule has 3 aliphatic heterocycles. The van der Waals surface area contributed by atoms with Crippen molar-refractivity contribution >= 4 is 0 Å². The molecule has 4 fully saturated rings. The Morgan fingerprint density at radius 2 is 1.83 bits per heavy atom. The molecule has 1 saturated carbocycles. The molecule has 4 atom stereocenters. The number of rotatable bonds is 1. The fraction of sp³-hybridized carbons (Fsp3) is 1.00. The molecule has 3 heterocycles. The van der Waals surface area contributed by atoms with Crippen LogP contribution in [-0.2, 0) is 9.47 Å². The van der Waals surface area contributed by atoms with Crippen molar-refractivity contribution < 1.29 is 14.6 Å². The van der Waals surface area contributed by atoms with E-state index in [0.717, 1.165) is 39.1 Å². The van der Waals surface area contributed by atoms with Gasteiger partial charge in [-0.25, -0.2) is 0 Å². The summed E-state index contributed by atoms with van der Waals surface area (Å²) in [5.41, 5.74) is -0.412. The average Bonchev–Trinajstić information content (AvgIpc) is 2.27. The minimum Gasteiger partial charge on any atom is -0.391 e. The molecule has 0 radical (unpaired) electrons. The molecule has 0 aromatic carbocycles. The van der Waals surface area contributed by atoms with Gasteiger partial charge in [0.05, 0.1) is 36.6 Å². The second-order valence-electron chi connectivity index (χ2n) is 6.75. The normalized spacial score (nSPS) is 48.3. The van der Waals surface area contributed by atoms with E-state index in [4.69, 9.17) is 9.47 Å². The first-order valence-corrected chi connectivity index (χ1v) is 7.14. The number of hydrogen-bond acceptors (Lipinski definition) is 4. The molecule has 4 aliphatic rings. The largest absolute Gasteiger partial charge is 0.391 e. The smallest absolute Gasteiger partial charge is 0.0841 e. The SMILES string of the molecule is CC1(C)O[C@]2(C)CC[C@H]1[C@@H](O)[C@@H]2N1CCOCC1. The summed E-state index contributed by atoms with van der Waals surface area (Å²) in [6, 6.07) is 0.133. The molecule has 104 valence electrons. The van der Waals surface area contributed by atoms with Gasteiger partial charge >= 0.3 is 0 Å². The molecule has 4 nitrogen and oxygen atoms in total. The highest BCUT2D eigenvalue weighted by Gasteiger charge is 2.60. The van der Waals surface area contributed by atoms with Crippen LogP contribution in [-0.4, -0.2) is 59.7 Å². The fourth-order valence-electron chi connectivity index (χ4n) is 4.35. The van der Waals surface area contributed by atoms with Gasteiger partial charge in [0.1, 0.15) is 0 Å². The van der Waals surface area contributed by atoms with Crippen LogP contribution in [0.5, 0.6) is 0 Å². The first-order valence-electron chi connectivity index (χ1n) is 7.14. The summed E-state index contributed by atoms with van der Waals surface area (Å²) in [7, 11) is 0. The molecule has 0 spiro atoms. The van der Waals surface area contributed by atoms with Crippen LogP contribution < -0.4 is 0 Å². The topological polar surface area (TPSA) is 41.9 Å². The van der Waals surface area contributed by atoms with Crippen molar-refractivity contribution in [1.82, 2.24) is 4.90 Å². The first kappa shape index (κ1) is 12.9. The average molecular weight is 255 g/mol. The molecule has 0 aromatic rings. The maximum Gasteiger partial charge on any atom is 0.0841 e. The van der Waals surface area contributed by atoms with Gasteiger partial charge < -0.3 is 14.6 Å². The van der Waals surface area contributed by atoms with E-state index in [2.05, 4.69) is 25.7 Å². The van der Waals surface area contributed by atoms with E-state index >= 15 is 0 Å². The third-order valence-electron chi connectivity index (χ3n) is 5.14. The predicted octanol–water partition coefficient (Wildman–Crippen LogP) is 1.03. The van der Waals surface area contributed by atoms with Crippen LogP contribution in [0.3, 0.4) is 0 Å². The Morgan fingerprint density at radius 3 is 2.39 bits per heavy atom. The standard InChI is InChI=1S/C14H25NO3/c1-13(2)10-4-5-14(3,18-13)12(11(10)16)15-6-8-17-9-7-15/h10-12,16H,4-9H2,1-3H3/t10-,11+,12-,14+/m0/s1. The van der Waals surface area contributed by atoms with Crippen LogP contribution in [0, 0.1) is 5.92 Å². The Labute approximate surface area is 109 Å². The number of aliphatic hydroxyl groups is 1. The third kappa shape index (κ3) is 1.82. The molecule has 0 amide bonds. The van der Waals surface area contributed by atoms with E-state index in [0.29, 0.717) is 0 Å². The van der Waals surface area contributed by atoms with Crippen molar-refractivity contribution in [3.05, 3.63) is 0 Å². The lowest BCUT2D eigenvalue weighted by atomic mass is 9.64. The Bertz CT molecular complexity index is 327. The maximum atomic E-state index is 10.7. The number of fused-ring (bicyclic) bond motifs is 3. The van der Waals surface area contributed by atoms with Crippen LogP contribution >= 0.6 is 0 Å². The van der Waals surface area contributed by atoms with Crippen molar-refractivity contribution in [1.29, 1.82) is 0 Å². The summed E-state index contributed by atoms with van der Waals surface area (Å²) in [6.45, 7) is 9.78. The van der Waals surface area contributed by atoms with Crippen LogP contribution in [0.2, 0.25) is 0 Å². The zero-order valence-corrected chi connectivity index (χ0v) is 11.7. The van der Waals surface area contributed by atoms with Gasteiger partial charge in [0.25, 0.3) is 0 Å². The second kappa shape index (κ2) is 4.17. The molecular formula is C14H25NO3. The Balaban J connectivity index is 1.87. The fourth-order valence-corrected chi connectivity index (χ4v) is 4.35. The number of hydrogen-bond donors (Lipinski definition) is 1. The number of ether oxygens (including phenoxy) is 2. The molecule has 4 heteroatoms. The van der Waals surface area contributed by atoms with Crippen LogP contribution in [0.4, 0.5) is 0 Å². The van der Waals surface area contributed by atoms with Gasteiger partial charge in [-0.3, -0.25) is 4.90 Å². The highest BCUT2D eigenvalue weighted by molar-refractivity contribution is 5.11. The number of nitrogens with zero attached hydrogens (tertiary/aromatic N) is 1. The molecule has 0 aromatic heterocycles. The van der Waals surface area contributed by atoms with Gasteiger partial charge in [-0.2, -0.15) is 0 Å². The Kier molecular flexibility index (Phi) is 2.98. The molecule has 4 rings (SSSR count). The molecule has 0 unspecified atom stereocenters. The summed E-state index contributed by atoms with van der Waals surface area (Å²) in [6.07, 6.45) is 1.86. The number of morpholine rings is 1. The Morgan fingerprint density at radius 1 is 1.17 bits per heavy atom. The van der Waals surface area contributed by atoms with E-state index in [1.807, 2.05) is 0 Å². The van der Waals surface area contributed by atoms with Gasteiger partial charge in [0, 0.05) is 19.0 Å². The third-order valence-corrected chi connectivity index (χ3v) is 5.14. The summed E-state index contributed by atoms with van der Waals surface area (Å²) in [4.78, 5) is 2.37. The van der Waals surface area contributed by atoms with E-state index in [1.165, 1.54) is 0 Å². The van der Waals surface area contributed by atoms with Crippen molar-refractivity contribution in [3.63, 3.8) is 0 Å². The van der Waals surface area contributed by atoms with Crippen molar-refractivity contribution in [2.24, 2.45) is 5.92 Å². The zero-order valence-electron chi connectivity index (χ0n) is 11.7. The van der Waals surface area contributed by atoms with E-state index in [-0.39, 0.29) is 29.3 Å². The van der Waals surface area contributed by atoms with Crippen LogP contribution in [0.15, 0.2) is 0 Å². The monoisotopic (exact) mass is 255 g/mol. The summed E-state index contributed by atoms with van der Waals surface area (Å²) >= 11 is 0. The minimum absolute atomic E-state index is 0.133. The second-order valence-corrected chi connectivity index (χ2v) is 6.75. The summed E-state index contributed by atoms with van der Waals surface area (Å²) < 4.78 is 11.8. The quantitative estimate of drug-likeness (QED) is 0.760. The van der Waals surface area contributed by atoms with Gasteiger partial charge in [-0.15, -0.1) is 0 Å². The lowest BCUT2D eigenvalue weighted by Gasteiger charge is -2.62. The van der Waals surface area contributed by atoms with E-state index < -0.39 is 0 Å². The maximum absolute atomic E-state index is 10.7. The molecule has 1 aliphatic carbocycles.